The number of anilines is 1. The lowest BCUT2D eigenvalue weighted by Gasteiger charge is -2.35. The Labute approximate surface area is 212 Å². The molecule has 0 aliphatic carbocycles. The van der Waals surface area contributed by atoms with E-state index in [2.05, 4.69) is 17.6 Å². The monoisotopic (exact) mass is 493 g/mol. The number of rotatable bonds is 11. The van der Waals surface area contributed by atoms with E-state index in [0.717, 1.165) is 31.4 Å². The lowest BCUT2D eigenvalue weighted by Crippen LogP contribution is -2.48. The second-order valence-electron chi connectivity index (χ2n) is 8.68. The summed E-state index contributed by atoms with van der Waals surface area (Å²) in [4.78, 5) is 40.0. The van der Waals surface area contributed by atoms with Crippen LogP contribution in [0.5, 0.6) is 5.75 Å². The van der Waals surface area contributed by atoms with Gasteiger partial charge in [0.05, 0.1) is 25.3 Å². The van der Waals surface area contributed by atoms with Crippen LogP contribution in [-0.2, 0) is 9.53 Å². The summed E-state index contributed by atoms with van der Waals surface area (Å²) in [6.07, 6.45) is 3.77. The van der Waals surface area contributed by atoms with Crippen molar-refractivity contribution in [1.82, 2.24) is 10.2 Å². The summed E-state index contributed by atoms with van der Waals surface area (Å²) in [6, 6.07) is 13.1. The normalized spacial score (nSPS) is 15.4. The van der Waals surface area contributed by atoms with Crippen LogP contribution in [0.2, 0.25) is 0 Å². The van der Waals surface area contributed by atoms with Crippen LogP contribution in [0.1, 0.15) is 68.4 Å². The number of urea groups is 1. The number of hydrogen-bond donors (Lipinski definition) is 2. The van der Waals surface area contributed by atoms with Crippen LogP contribution in [0.3, 0.4) is 0 Å². The summed E-state index contributed by atoms with van der Waals surface area (Å²) in [6.45, 7) is 7.06. The van der Waals surface area contributed by atoms with Crippen LogP contribution in [0.25, 0.3) is 0 Å². The van der Waals surface area contributed by atoms with Crippen molar-refractivity contribution >= 4 is 23.6 Å². The van der Waals surface area contributed by atoms with Gasteiger partial charge in [0.2, 0.25) is 0 Å². The third-order valence-electron chi connectivity index (χ3n) is 6.10. The van der Waals surface area contributed by atoms with Crippen molar-refractivity contribution in [3.8, 4) is 5.75 Å². The number of amides is 3. The third-order valence-corrected chi connectivity index (χ3v) is 6.10. The lowest BCUT2D eigenvalue weighted by molar-refractivity contribution is -0.136. The Hall–Kier alpha value is -3.81. The van der Waals surface area contributed by atoms with Gasteiger partial charge in [-0.05, 0) is 61.7 Å². The van der Waals surface area contributed by atoms with E-state index in [-0.39, 0.29) is 11.9 Å². The Morgan fingerprint density at radius 1 is 1.06 bits per heavy atom. The average molecular weight is 494 g/mol. The number of methoxy groups -OCH3 is 1. The van der Waals surface area contributed by atoms with Gasteiger partial charge in [0.25, 0.3) is 5.91 Å². The highest BCUT2D eigenvalue weighted by molar-refractivity contribution is 6.04. The molecule has 1 aliphatic rings. The molecule has 8 nitrogen and oxygen atoms in total. The standard InChI is InChI=1S/C28H35N3O5/c1-5-7-16-31-19(3)24(27(33)35-4)25(30-28(31)34)21-10-9-11-22(18-21)29-26(32)20-12-14-23(15-13-20)36-17-8-6-2/h9-15,18,25H,5-8,16-17H2,1-4H3,(H,29,32)(H,30,34)/t25-/m0/s1. The highest BCUT2D eigenvalue weighted by Crippen LogP contribution is 2.32. The molecule has 0 spiro atoms. The first-order valence-electron chi connectivity index (χ1n) is 12.4. The minimum atomic E-state index is -0.695. The van der Waals surface area contributed by atoms with Crippen LogP contribution >= 0.6 is 0 Å². The number of unbranched alkanes of at least 4 members (excludes halogenated alkanes) is 2. The average Bonchev–Trinajstić information content (AvgIpc) is 2.88. The van der Waals surface area contributed by atoms with Crippen molar-refractivity contribution in [2.24, 2.45) is 0 Å². The van der Waals surface area contributed by atoms with E-state index in [0.29, 0.717) is 41.2 Å². The van der Waals surface area contributed by atoms with E-state index in [1.54, 1.807) is 60.4 Å². The molecule has 2 N–H and O–H groups in total. The summed E-state index contributed by atoms with van der Waals surface area (Å²) in [5.41, 5.74) is 2.64. The van der Waals surface area contributed by atoms with Crippen LogP contribution in [-0.4, -0.2) is 43.1 Å². The fourth-order valence-corrected chi connectivity index (χ4v) is 4.03. The zero-order valence-corrected chi connectivity index (χ0v) is 21.4. The Bertz CT molecular complexity index is 1110. The summed E-state index contributed by atoms with van der Waals surface area (Å²) in [5, 5.41) is 5.82. The second kappa shape index (κ2) is 12.8. The summed E-state index contributed by atoms with van der Waals surface area (Å²) in [7, 11) is 1.32. The molecular formula is C28H35N3O5. The minimum absolute atomic E-state index is 0.269. The molecular weight excluding hydrogens is 458 g/mol. The maximum absolute atomic E-state index is 12.9. The maximum atomic E-state index is 12.9. The number of esters is 1. The number of allylic oxidation sites excluding steroid dienone is 1. The molecule has 0 unspecified atom stereocenters. The zero-order valence-electron chi connectivity index (χ0n) is 21.4. The number of carbonyl (C=O) groups is 3. The Morgan fingerprint density at radius 3 is 2.44 bits per heavy atom. The fraction of sp³-hybridized carbons (Fsp3) is 0.393. The van der Waals surface area contributed by atoms with Gasteiger partial charge in [-0.1, -0.05) is 38.8 Å². The Kier molecular flexibility index (Phi) is 9.50. The molecule has 36 heavy (non-hydrogen) atoms. The van der Waals surface area contributed by atoms with Crippen molar-refractivity contribution in [1.29, 1.82) is 0 Å². The number of nitrogens with one attached hydrogen (secondary N) is 2. The number of hydrogen-bond acceptors (Lipinski definition) is 5. The van der Waals surface area contributed by atoms with Crippen molar-refractivity contribution in [3.63, 3.8) is 0 Å². The molecule has 0 radical (unpaired) electrons. The van der Waals surface area contributed by atoms with Gasteiger partial charge in [-0.3, -0.25) is 9.69 Å². The topological polar surface area (TPSA) is 97.0 Å². The van der Waals surface area contributed by atoms with Gasteiger partial charge in [0.1, 0.15) is 5.75 Å². The van der Waals surface area contributed by atoms with Gasteiger partial charge < -0.3 is 20.1 Å². The third kappa shape index (κ3) is 6.44. The van der Waals surface area contributed by atoms with Crippen molar-refractivity contribution < 1.29 is 23.9 Å². The molecule has 8 heteroatoms. The van der Waals surface area contributed by atoms with Crippen molar-refractivity contribution in [3.05, 3.63) is 70.9 Å². The molecule has 1 heterocycles. The number of ether oxygens (including phenoxy) is 2. The predicted molar refractivity (Wildman–Crippen MR) is 139 cm³/mol. The molecule has 0 aromatic heterocycles. The van der Waals surface area contributed by atoms with Crippen LogP contribution in [0.4, 0.5) is 10.5 Å². The first-order chi connectivity index (χ1) is 17.4. The zero-order chi connectivity index (χ0) is 26.1. The van der Waals surface area contributed by atoms with Gasteiger partial charge in [-0.25, -0.2) is 9.59 Å². The van der Waals surface area contributed by atoms with Crippen LogP contribution in [0.15, 0.2) is 59.8 Å². The van der Waals surface area contributed by atoms with Gasteiger partial charge in [0, 0.05) is 23.5 Å². The summed E-state index contributed by atoms with van der Waals surface area (Å²) < 4.78 is 10.7. The first kappa shape index (κ1) is 26.8. The minimum Gasteiger partial charge on any atom is -0.494 e. The molecule has 3 rings (SSSR count). The molecule has 1 atom stereocenters. The molecule has 192 valence electrons. The SMILES string of the molecule is CCCCOc1ccc(C(=O)Nc2cccc([C@@H]3NC(=O)N(CCCC)C(C)=C3C(=O)OC)c2)cc1. The smallest absolute Gasteiger partial charge is 0.337 e. The van der Waals surface area contributed by atoms with Gasteiger partial charge in [0.15, 0.2) is 0 Å². The van der Waals surface area contributed by atoms with Crippen molar-refractivity contribution in [2.75, 3.05) is 25.6 Å². The molecule has 1 aliphatic heterocycles. The van der Waals surface area contributed by atoms with E-state index in [1.807, 2.05) is 6.92 Å². The highest BCUT2D eigenvalue weighted by Gasteiger charge is 2.36. The summed E-state index contributed by atoms with van der Waals surface area (Å²) >= 11 is 0. The highest BCUT2D eigenvalue weighted by atomic mass is 16.5. The lowest BCUT2D eigenvalue weighted by atomic mass is 9.94. The fourth-order valence-electron chi connectivity index (χ4n) is 4.03. The van der Waals surface area contributed by atoms with E-state index in [4.69, 9.17) is 9.47 Å². The van der Waals surface area contributed by atoms with E-state index in [1.165, 1.54) is 7.11 Å². The number of carbonyl (C=O) groups excluding carboxylic acids is 3. The maximum Gasteiger partial charge on any atom is 0.337 e. The van der Waals surface area contributed by atoms with Crippen LogP contribution in [0, 0.1) is 0 Å². The van der Waals surface area contributed by atoms with Gasteiger partial charge >= 0.3 is 12.0 Å². The molecule has 0 saturated heterocycles. The van der Waals surface area contributed by atoms with E-state index < -0.39 is 12.0 Å². The Balaban J connectivity index is 1.80. The van der Waals surface area contributed by atoms with Gasteiger partial charge in [-0.15, -0.1) is 0 Å². The van der Waals surface area contributed by atoms with Gasteiger partial charge in [-0.2, -0.15) is 0 Å². The molecule has 2 aromatic carbocycles. The molecule has 0 saturated carbocycles. The second-order valence-corrected chi connectivity index (χ2v) is 8.68. The molecule has 3 amide bonds. The predicted octanol–water partition coefficient (Wildman–Crippen LogP) is 5.43. The van der Waals surface area contributed by atoms with E-state index in [9.17, 15) is 14.4 Å². The first-order valence-corrected chi connectivity index (χ1v) is 12.4. The molecule has 0 bridgehead atoms. The quantitative estimate of drug-likeness (QED) is 0.321. The molecule has 2 aromatic rings. The largest absolute Gasteiger partial charge is 0.494 e. The van der Waals surface area contributed by atoms with Crippen molar-refractivity contribution in [2.45, 2.75) is 52.5 Å². The number of benzene rings is 2. The summed E-state index contributed by atoms with van der Waals surface area (Å²) in [5.74, 6) is -0.0548. The Morgan fingerprint density at radius 2 is 1.78 bits per heavy atom. The van der Waals surface area contributed by atoms with Crippen LogP contribution < -0.4 is 15.4 Å². The molecule has 0 fully saturated rings. The van der Waals surface area contributed by atoms with E-state index >= 15 is 0 Å². The number of nitrogens with zero attached hydrogens (tertiary/aromatic N) is 1.